The van der Waals surface area contributed by atoms with E-state index in [0.29, 0.717) is 34.3 Å². The summed E-state index contributed by atoms with van der Waals surface area (Å²) >= 11 is 0. The highest BCUT2D eigenvalue weighted by molar-refractivity contribution is 5.99. The fourth-order valence-electron chi connectivity index (χ4n) is 3.82. The molecular weight excluding hydrogens is 414 g/mol. The van der Waals surface area contributed by atoms with E-state index >= 15 is 0 Å². The fourth-order valence-corrected chi connectivity index (χ4v) is 3.82. The molecule has 0 fully saturated rings. The number of nitrogens with zero attached hydrogens (tertiary/aromatic N) is 3. The second kappa shape index (κ2) is 9.37. The number of aromatic nitrogens is 2. The molecule has 0 aliphatic heterocycles. The molecule has 0 aliphatic rings. The molecule has 0 saturated heterocycles. The molecule has 7 heteroatoms. The molecule has 1 amide bonds. The van der Waals surface area contributed by atoms with E-state index in [0.717, 1.165) is 22.4 Å². The molecule has 4 rings (SSSR count). The Bertz CT molecular complexity index is 1360. The monoisotopic (exact) mass is 437 g/mol. The number of pyridine rings is 2. The normalized spacial score (nSPS) is 11.5. The Morgan fingerprint density at radius 1 is 1.15 bits per heavy atom. The van der Waals surface area contributed by atoms with Gasteiger partial charge in [0, 0.05) is 22.7 Å². The van der Waals surface area contributed by atoms with Crippen molar-refractivity contribution in [3.63, 3.8) is 0 Å². The van der Waals surface area contributed by atoms with Crippen molar-refractivity contribution in [2.75, 3.05) is 12.4 Å². The zero-order valence-electron chi connectivity index (χ0n) is 18.4. The van der Waals surface area contributed by atoms with Crippen molar-refractivity contribution < 1.29 is 9.53 Å². The number of ether oxygens (including phenoxy) is 1. The molecule has 0 bridgehead atoms. The van der Waals surface area contributed by atoms with Gasteiger partial charge < -0.3 is 15.8 Å². The van der Waals surface area contributed by atoms with Gasteiger partial charge in [0.2, 0.25) is 5.91 Å². The van der Waals surface area contributed by atoms with Crippen molar-refractivity contribution in [2.45, 2.75) is 19.4 Å². The first-order valence-electron chi connectivity index (χ1n) is 10.5. The summed E-state index contributed by atoms with van der Waals surface area (Å²) in [4.78, 5) is 20.8. The van der Waals surface area contributed by atoms with Gasteiger partial charge in [0.15, 0.2) is 0 Å². The number of fused-ring (bicyclic) bond motifs is 1. The molecule has 4 aromatic rings. The van der Waals surface area contributed by atoms with Crippen LogP contribution in [0.5, 0.6) is 5.75 Å². The topological polar surface area (TPSA) is 114 Å². The standard InChI is InChI=1S/C26H23N5O2/c1-3-21(26(28)32)30-25-19-12-13-29-15-22(19)31-24(20(25)14-27)17-10-8-16(9-11-17)18-6-4-5-7-23(18)33-2/h4-13,15,21H,3H2,1-2H3,(H2,28,32)(H,30,31)/t21-/m1/s1. The number of nitrogens with two attached hydrogens (primary N) is 1. The Morgan fingerprint density at radius 2 is 1.88 bits per heavy atom. The number of anilines is 1. The van der Waals surface area contributed by atoms with Crippen LogP contribution in [0.3, 0.4) is 0 Å². The number of nitrogens with one attached hydrogen (secondary N) is 1. The van der Waals surface area contributed by atoms with Crippen LogP contribution in [0.1, 0.15) is 18.9 Å². The average molecular weight is 438 g/mol. The molecule has 33 heavy (non-hydrogen) atoms. The van der Waals surface area contributed by atoms with E-state index in [1.807, 2.05) is 55.5 Å². The van der Waals surface area contributed by atoms with Crippen LogP contribution < -0.4 is 15.8 Å². The lowest BCUT2D eigenvalue weighted by Crippen LogP contribution is -2.35. The highest BCUT2D eigenvalue weighted by Gasteiger charge is 2.21. The lowest BCUT2D eigenvalue weighted by atomic mass is 9.98. The number of benzene rings is 2. The average Bonchev–Trinajstić information content (AvgIpc) is 2.86. The molecule has 2 heterocycles. The van der Waals surface area contributed by atoms with Gasteiger partial charge in [0.05, 0.1) is 30.2 Å². The summed E-state index contributed by atoms with van der Waals surface area (Å²) in [6, 6.07) is 19.0. The molecule has 164 valence electrons. The molecule has 0 aliphatic carbocycles. The van der Waals surface area contributed by atoms with Crippen molar-refractivity contribution in [1.82, 2.24) is 9.97 Å². The first-order chi connectivity index (χ1) is 16.1. The summed E-state index contributed by atoms with van der Waals surface area (Å²) in [6.45, 7) is 1.86. The number of amides is 1. The molecule has 2 aromatic carbocycles. The van der Waals surface area contributed by atoms with Crippen LogP contribution in [0, 0.1) is 11.3 Å². The molecule has 0 radical (unpaired) electrons. The van der Waals surface area contributed by atoms with E-state index in [2.05, 4.69) is 16.4 Å². The lowest BCUT2D eigenvalue weighted by Gasteiger charge is -2.19. The number of rotatable bonds is 7. The second-order valence-corrected chi connectivity index (χ2v) is 7.50. The number of carbonyl (C=O) groups excluding carboxylic acids is 1. The SMILES string of the molecule is CC[C@@H](Nc1c(C#N)c(-c2ccc(-c3ccccc3OC)cc2)nc2cnccc12)C(N)=O. The van der Waals surface area contributed by atoms with Crippen LogP contribution in [0.15, 0.2) is 67.0 Å². The highest BCUT2D eigenvalue weighted by Crippen LogP contribution is 2.36. The van der Waals surface area contributed by atoms with Gasteiger partial charge in [-0.2, -0.15) is 5.26 Å². The van der Waals surface area contributed by atoms with Crippen LogP contribution >= 0.6 is 0 Å². The van der Waals surface area contributed by atoms with Crippen LogP contribution in [0.4, 0.5) is 5.69 Å². The second-order valence-electron chi connectivity index (χ2n) is 7.50. The smallest absolute Gasteiger partial charge is 0.239 e. The summed E-state index contributed by atoms with van der Waals surface area (Å²) < 4.78 is 5.47. The minimum absolute atomic E-state index is 0.346. The van der Waals surface area contributed by atoms with Crippen molar-refractivity contribution >= 4 is 22.5 Å². The zero-order chi connectivity index (χ0) is 23.4. The van der Waals surface area contributed by atoms with E-state index in [9.17, 15) is 10.1 Å². The molecular formula is C26H23N5O2. The third kappa shape index (κ3) is 4.19. The summed E-state index contributed by atoms with van der Waals surface area (Å²) in [7, 11) is 1.64. The van der Waals surface area contributed by atoms with Gasteiger partial charge in [-0.25, -0.2) is 4.98 Å². The van der Waals surface area contributed by atoms with Crippen LogP contribution in [0.2, 0.25) is 0 Å². The van der Waals surface area contributed by atoms with Gasteiger partial charge in [-0.05, 0) is 24.1 Å². The van der Waals surface area contributed by atoms with E-state index in [1.54, 1.807) is 25.6 Å². The third-order valence-corrected chi connectivity index (χ3v) is 5.55. The molecule has 3 N–H and O–H groups in total. The van der Waals surface area contributed by atoms with Crippen molar-refractivity contribution in [3.8, 4) is 34.2 Å². The maximum Gasteiger partial charge on any atom is 0.239 e. The Labute approximate surface area is 191 Å². The van der Waals surface area contributed by atoms with Crippen molar-refractivity contribution in [2.24, 2.45) is 5.73 Å². The minimum Gasteiger partial charge on any atom is -0.496 e. The first-order valence-corrected chi connectivity index (χ1v) is 10.5. The number of hydrogen-bond donors (Lipinski definition) is 2. The van der Waals surface area contributed by atoms with E-state index in [-0.39, 0.29) is 0 Å². The molecule has 0 unspecified atom stereocenters. The quantitative estimate of drug-likeness (QED) is 0.439. The van der Waals surface area contributed by atoms with E-state index in [4.69, 9.17) is 15.5 Å². The molecule has 0 spiro atoms. The highest BCUT2D eigenvalue weighted by atomic mass is 16.5. The number of carbonyl (C=O) groups is 1. The zero-order valence-corrected chi connectivity index (χ0v) is 18.4. The van der Waals surface area contributed by atoms with E-state index in [1.165, 1.54) is 0 Å². The van der Waals surface area contributed by atoms with E-state index < -0.39 is 11.9 Å². The number of nitriles is 1. The van der Waals surface area contributed by atoms with Gasteiger partial charge in [-0.3, -0.25) is 9.78 Å². The van der Waals surface area contributed by atoms with Crippen LogP contribution in [0.25, 0.3) is 33.3 Å². The predicted octanol–water partition coefficient (Wildman–Crippen LogP) is 4.52. The fraction of sp³-hybridized carbons (Fsp3) is 0.154. The number of para-hydroxylation sites is 1. The maximum absolute atomic E-state index is 11.9. The molecule has 2 aromatic heterocycles. The molecule has 1 atom stereocenters. The van der Waals surface area contributed by atoms with Crippen molar-refractivity contribution in [1.29, 1.82) is 5.26 Å². The van der Waals surface area contributed by atoms with Gasteiger partial charge in [-0.1, -0.05) is 49.4 Å². The first kappa shape index (κ1) is 21.8. The summed E-state index contributed by atoms with van der Waals surface area (Å²) in [5, 5.41) is 13.9. The van der Waals surface area contributed by atoms with Gasteiger partial charge in [0.1, 0.15) is 23.4 Å². The van der Waals surface area contributed by atoms with Crippen molar-refractivity contribution in [3.05, 3.63) is 72.6 Å². The Kier molecular flexibility index (Phi) is 6.18. The van der Waals surface area contributed by atoms with Gasteiger partial charge in [0.25, 0.3) is 0 Å². The lowest BCUT2D eigenvalue weighted by molar-refractivity contribution is -0.118. The van der Waals surface area contributed by atoms with Crippen LogP contribution in [-0.2, 0) is 4.79 Å². The minimum atomic E-state index is -0.614. The number of methoxy groups -OCH3 is 1. The Morgan fingerprint density at radius 3 is 2.55 bits per heavy atom. The molecule has 0 saturated carbocycles. The molecule has 7 nitrogen and oxygen atoms in total. The maximum atomic E-state index is 11.9. The Balaban J connectivity index is 1.86. The summed E-state index contributed by atoms with van der Waals surface area (Å²) in [6.07, 6.45) is 3.75. The third-order valence-electron chi connectivity index (χ3n) is 5.55. The summed E-state index contributed by atoms with van der Waals surface area (Å²) in [5.41, 5.74) is 10.3. The summed E-state index contributed by atoms with van der Waals surface area (Å²) in [5.74, 6) is 0.296. The predicted molar refractivity (Wildman–Crippen MR) is 129 cm³/mol. The largest absolute Gasteiger partial charge is 0.496 e. The number of hydrogen-bond acceptors (Lipinski definition) is 6. The van der Waals surface area contributed by atoms with Gasteiger partial charge in [-0.15, -0.1) is 0 Å². The Hall–Kier alpha value is -4.44. The van der Waals surface area contributed by atoms with Crippen LogP contribution in [-0.4, -0.2) is 29.0 Å². The number of primary amides is 1. The van der Waals surface area contributed by atoms with Gasteiger partial charge >= 0.3 is 0 Å².